The van der Waals surface area contributed by atoms with E-state index in [0.29, 0.717) is 32.0 Å². The van der Waals surface area contributed by atoms with Gasteiger partial charge < -0.3 is 10.3 Å². The second kappa shape index (κ2) is 9.48. The standard InChI is InChI=1S/C24H22ClN3O2S2/c1-13(2)15-8-10-16(11-9-15)17-12-31-23-20(17)22(30)27-24(28-23)32-14(3)21(29)26-19-7-5-4-6-18(19)25/h4-14H,1-3H3,(H,26,29)(H,27,28,30). The lowest BCUT2D eigenvalue weighted by Gasteiger charge is -2.12. The van der Waals surface area contributed by atoms with E-state index < -0.39 is 5.25 Å². The van der Waals surface area contributed by atoms with Gasteiger partial charge in [-0.1, -0.05) is 73.6 Å². The topological polar surface area (TPSA) is 74.8 Å². The van der Waals surface area contributed by atoms with E-state index in [-0.39, 0.29) is 11.5 Å². The largest absolute Gasteiger partial charge is 0.324 e. The van der Waals surface area contributed by atoms with Crippen molar-refractivity contribution >= 4 is 56.5 Å². The van der Waals surface area contributed by atoms with Crippen LogP contribution in [0.5, 0.6) is 0 Å². The summed E-state index contributed by atoms with van der Waals surface area (Å²) in [5, 5.41) is 5.75. The molecule has 1 unspecified atom stereocenters. The van der Waals surface area contributed by atoms with Crippen LogP contribution in [0.1, 0.15) is 32.3 Å². The maximum absolute atomic E-state index is 12.9. The molecule has 8 heteroatoms. The minimum atomic E-state index is -0.477. The van der Waals surface area contributed by atoms with Gasteiger partial charge in [0.05, 0.1) is 21.3 Å². The minimum absolute atomic E-state index is 0.208. The van der Waals surface area contributed by atoms with Crippen LogP contribution in [0.15, 0.2) is 63.9 Å². The predicted octanol–water partition coefficient (Wildman–Crippen LogP) is 6.55. The van der Waals surface area contributed by atoms with Crippen molar-refractivity contribution in [2.24, 2.45) is 0 Å². The van der Waals surface area contributed by atoms with Gasteiger partial charge in [0.2, 0.25) is 5.91 Å². The first-order valence-corrected chi connectivity index (χ1v) is 12.3. The fourth-order valence-corrected chi connectivity index (χ4v) is 5.25. The lowest BCUT2D eigenvalue weighted by atomic mass is 9.99. The number of fused-ring (bicyclic) bond motifs is 1. The molecule has 2 N–H and O–H groups in total. The van der Waals surface area contributed by atoms with Crippen molar-refractivity contribution in [1.29, 1.82) is 0 Å². The van der Waals surface area contributed by atoms with Crippen LogP contribution in [0, 0.1) is 0 Å². The van der Waals surface area contributed by atoms with Gasteiger partial charge >= 0.3 is 0 Å². The molecule has 1 amide bonds. The summed E-state index contributed by atoms with van der Waals surface area (Å²) in [7, 11) is 0. The normalized spacial score (nSPS) is 12.3. The Labute approximate surface area is 199 Å². The number of nitrogens with one attached hydrogen (secondary N) is 2. The molecule has 0 spiro atoms. The predicted molar refractivity (Wildman–Crippen MR) is 135 cm³/mol. The number of para-hydroxylation sites is 1. The Bertz CT molecular complexity index is 1330. The fourth-order valence-electron chi connectivity index (χ4n) is 3.26. The van der Waals surface area contributed by atoms with Crippen LogP contribution in [-0.2, 0) is 4.79 Å². The molecule has 164 valence electrons. The molecule has 0 radical (unpaired) electrons. The van der Waals surface area contributed by atoms with E-state index in [1.807, 2.05) is 17.5 Å². The third-order valence-electron chi connectivity index (χ3n) is 5.10. The summed E-state index contributed by atoms with van der Waals surface area (Å²) in [5.41, 5.74) is 3.45. The monoisotopic (exact) mass is 483 g/mol. The first-order chi connectivity index (χ1) is 15.3. The molecule has 4 rings (SSSR count). The van der Waals surface area contributed by atoms with Crippen LogP contribution < -0.4 is 10.9 Å². The van der Waals surface area contributed by atoms with Gasteiger partial charge in [0.15, 0.2) is 5.16 Å². The molecule has 32 heavy (non-hydrogen) atoms. The number of hydrogen-bond donors (Lipinski definition) is 2. The molecule has 0 aliphatic rings. The number of halogens is 1. The van der Waals surface area contributed by atoms with Crippen molar-refractivity contribution in [3.05, 3.63) is 74.9 Å². The summed E-state index contributed by atoms with van der Waals surface area (Å²) >= 11 is 8.74. The number of thiophene rings is 1. The molecule has 0 aliphatic heterocycles. The first-order valence-electron chi connectivity index (χ1n) is 10.2. The Morgan fingerprint density at radius 2 is 1.84 bits per heavy atom. The molecule has 2 heterocycles. The molecule has 5 nitrogen and oxygen atoms in total. The quantitative estimate of drug-likeness (QED) is 0.241. The number of benzene rings is 2. The number of aromatic amines is 1. The van der Waals surface area contributed by atoms with Gasteiger partial charge in [-0.15, -0.1) is 11.3 Å². The number of anilines is 1. The van der Waals surface area contributed by atoms with Crippen molar-refractivity contribution in [1.82, 2.24) is 9.97 Å². The highest BCUT2D eigenvalue weighted by molar-refractivity contribution is 8.00. The fraction of sp³-hybridized carbons (Fsp3) is 0.208. The summed E-state index contributed by atoms with van der Waals surface area (Å²) in [6.45, 7) is 6.06. The number of H-pyrrole nitrogens is 1. The molecule has 4 aromatic rings. The molecule has 0 aliphatic carbocycles. The Morgan fingerprint density at radius 1 is 1.12 bits per heavy atom. The smallest absolute Gasteiger partial charge is 0.260 e. The van der Waals surface area contributed by atoms with Crippen molar-refractivity contribution in [3.63, 3.8) is 0 Å². The van der Waals surface area contributed by atoms with Crippen LogP contribution in [0.2, 0.25) is 5.02 Å². The third-order valence-corrected chi connectivity index (χ3v) is 7.29. The van der Waals surface area contributed by atoms with Gasteiger partial charge in [0.1, 0.15) is 4.83 Å². The number of hydrogen-bond acceptors (Lipinski definition) is 5. The lowest BCUT2D eigenvalue weighted by Crippen LogP contribution is -2.23. The van der Waals surface area contributed by atoms with E-state index in [1.54, 1.807) is 31.2 Å². The minimum Gasteiger partial charge on any atom is -0.324 e. The number of nitrogens with zero attached hydrogens (tertiary/aromatic N) is 1. The summed E-state index contributed by atoms with van der Waals surface area (Å²) < 4.78 is 0. The van der Waals surface area contributed by atoms with Crippen LogP contribution in [-0.4, -0.2) is 21.1 Å². The average molecular weight is 484 g/mol. The summed E-state index contributed by atoms with van der Waals surface area (Å²) in [6.07, 6.45) is 0. The maximum atomic E-state index is 12.9. The van der Waals surface area contributed by atoms with E-state index in [2.05, 4.69) is 41.3 Å². The van der Waals surface area contributed by atoms with E-state index in [9.17, 15) is 9.59 Å². The number of thioether (sulfide) groups is 1. The summed E-state index contributed by atoms with van der Waals surface area (Å²) in [5.74, 6) is 0.230. The van der Waals surface area contributed by atoms with Gasteiger partial charge in [-0.2, -0.15) is 0 Å². The second-order valence-corrected chi connectivity index (χ2v) is 10.3. The summed E-state index contributed by atoms with van der Waals surface area (Å²) in [4.78, 5) is 33.6. The molecule has 2 aromatic carbocycles. The van der Waals surface area contributed by atoms with Crippen LogP contribution in [0.3, 0.4) is 0 Å². The highest BCUT2D eigenvalue weighted by Gasteiger charge is 2.19. The Kier molecular flexibility index (Phi) is 6.69. The lowest BCUT2D eigenvalue weighted by molar-refractivity contribution is -0.115. The number of aromatic nitrogens is 2. The van der Waals surface area contributed by atoms with Gasteiger partial charge in [0, 0.05) is 10.9 Å². The molecule has 0 saturated heterocycles. The molecule has 1 atom stereocenters. The highest BCUT2D eigenvalue weighted by Crippen LogP contribution is 2.33. The summed E-state index contributed by atoms with van der Waals surface area (Å²) in [6, 6.07) is 15.3. The third kappa shape index (κ3) is 4.75. The SMILES string of the molecule is CC(Sc1nc2scc(-c3ccc(C(C)C)cc3)c2c(=O)[nH]1)C(=O)Nc1ccccc1Cl. The van der Waals surface area contributed by atoms with Crippen molar-refractivity contribution < 1.29 is 4.79 Å². The molecule has 0 fully saturated rings. The number of carbonyl (C=O) groups is 1. The Morgan fingerprint density at radius 3 is 2.53 bits per heavy atom. The van der Waals surface area contributed by atoms with E-state index >= 15 is 0 Å². The van der Waals surface area contributed by atoms with Gasteiger partial charge in [-0.25, -0.2) is 4.98 Å². The molecular weight excluding hydrogens is 462 g/mol. The Hall–Kier alpha value is -2.61. The maximum Gasteiger partial charge on any atom is 0.260 e. The van der Waals surface area contributed by atoms with Crippen LogP contribution in [0.25, 0.3) is 21.3 Å². The van der Waals surface area contributed by atoms with Crippen LogP contribution >= 0.6 is 34.7 Å². The first kappa shape index (κ1) is 22.6. The molecular formula is C24H22ClN3O2S2. The van der Waals surface area contributed by atoms with Gasteiger partial charge in [-0.3, -0.25) is 9.59 Å². The number of amides is 1. The average Bonchev–Trinajstić information content (AvgIpc) is 3.20. The number of rotatable bonds is 6. The Balaban J connectivity index is 1.56. The zero-order chi connectivity index (χ0) is 22.8. The van der Waals surface area contributed by atoms with Crippen molar-refractivity contribution in [3.8, 4) is 11.1 Å². The van der Waals surface area contributed by atoms with E-state index in [0.717, 1.165) is 11.1 Å². The van der Waals surface area contributed by atoms with E-state index in [1.165, 1.54) is 28.7 Å². The number of carbonyl (C=O) groups excluding carboxylic acids is 1. The van der Waals surface area contributed by atoms with Crippen molar-refractivity contribution in [2.45, 2.75) is 37.1 Å². The van der Waals surface area contributed by atoms with Crippen LogP contribution in [0.4, 0.5) is 5.69 Å². The zero-order valence-corrected chi connectivity index (χ0v) is 20.2. The second-order valence-electron chi connectivity index (χ2n) is 7.71. The zero-order valence-electron chi connectivity index (χ0n) is 17.8. The molecule has 2 aromatic heterocycles. The van der Waals surface area contributed by atoms with E-state index in [4.69, 9.17) is 11.6 Å². The highest BCUT2D eigenvalue weighted by atomic mass is 35.5. The molecule has 0 bridgehead atoms. The molecule has 0 saturated carbocycles. The van der Waals surface area contributed by atoms with Gasteiger partial charge in [-0.05, 0) is 36.1 Å². The van der Waals surface area contributed by atoms with Gasteiger partial charge in [0.25, 0.3) is 5.56 Å². The van der Waals surface area contributed by atoms with Crippen molar-refractivity contribution in [2.75, 3.05) is 5.32 Å².